The maximum atomic E-state index is 13.0. The molecule has 31 heavy (non-hydrogen) atoms. The Labute approximate surface area is 182 Å². The standard InChI is InChI=1S/C23H15ClN2O5/c24-16-10-6-15(7-11-16)21(27)19-20(14-8-12-18(13-9-14)26(30)31)25(23(29)22(19)28)17-4-2-1-3-5-17/h1-13,20,27H/b21-19+/t20-/m0/s1. The minimum Gasteiger partial charge on any atom is -0.507 e. The van der Waals surface area contributed by atoms with Crippen molar-refractivity contribution in [2.75, 3.05) is 4.90 Å². The molecule has 0 spiro atoms. The molecule has 1 saturated heterocycles. The molecule has 0 bridgehead atoms. The van der Waals surface area contributed by atoms with Gasteiger partial charge in [-0.15, -0.1) is 0 Å². The molecule has 1 heterocycles. The Hall–Kier alpha value is -3.97. The molecular weight excluding hydrogens is 420 g/mol. The van der Waals surface area contributed by atoms with Gasteiger partial charge in [0, 0.05) is 28.4 Å². The van der Waals surface area contributed by atoms with Crippen LogP contribution < -0.4 is 4.90 Å². The molecule has 1 N–H and O–H groups in total. The summed E-state index contributed by atoms with van der Waals surface area (Å²) in [6.07, 6.45) is 0. The number of carbonyl (C=O) groups is 2. The van der Waals surface area contributed by atoms with E-state index in [1.165, 1.54) is 29.2 Å². The van der Waals surface area contributed by atoms with E-state index in [0.29, 0.717) is 21.8 Å². The average molecular weight is 435 g/mol. The van der Waals surface area contributed by atoms with Crippen molar-refractivity contribution in [1.29, 1.82) is 0 Å². The van der Waals surface area contributed by atoms with Gasteiger partial charge < -0.3 is 5.11 Å². The van der Waals surface area contributed by atoms with Crippen LogP contribution in [-0.4, -0.2) is 21.7 Å². The van der Waals surface area contributed by atoms with E-state index < -0.39 is 22.7 Å². The zero-order valence-corrected chi connectivity index (χ0v) is 16.7. The van der Waals surface area contributed by atoms with Gasteiger partial charge in [-0.25, -0.2) is 0 Å². The maximum Gasteiger partial charge on any atom is 0.300 e. The minimum absolute atomic E-state index is 0.106. The van der Waals surface area contributed by atoms with Crippen molar-refractivity contribution in [2.45, 2.75) is 6.04 Å². The zero-order valence-electron chi connectivity index (χ0n) is 15.9. The monoisotopic (exact) mass is 434 g/mol. The van der Waals surface area contributed by atoms with Gasteiger partial charge in [0.1, 0.15) is 5.76 Å². The second-order valence-electron chi connectivity index (χ2n) is 6.86. The second kappa shape index (κ2) is 8.04. The Balaban J connectivity index is 1.92. The predicted octanol–water partition coefficient (Wildman–Crippen LogP) is 4.87. The number of nitro benzene ring substituents is 1. The van der Waals surface area contributed by atoms with E-state index in [-0.39, 0.29) is 17.0 Å². The Kier molecular flexibility index (Phi) is 5.27. The fourth-order valence-corrected chi connectivity index (χ4v) is 3.67. The second-order valence-corrected chi connectivity index (χ2v) is 7.30. The van der Waals surface area contributed by atoms with E-state index in [1.807, 2.05) is 0 Å². The van der Waals surface area contributed by atoms with E-state index in [9.17, 15) is 24.8 Å². The third-order valence-electron chi connectivity index (χ3n) is 5.02. The summed E-state index contributed by atoms with van der Waals surface area (Å²) < 4.78 is 0. The molecule has 8 heteroatoms. The van der Waals surface area contributed by atoms with E-state index in [1.54, 1.807) is 54.6 Å². The third kappa shape index (κ3) is 3.67. The lowest BCUT2D eigenvalue weighted by atomic mass is 9.95. The summed E-state index contributed by atoms with van der Waals surface area (Å²) in [7, 11) is 0. The molecule has 4 rings (SSSR count). The van der Waals surface area contributed by atoms with Gasteiger partial charge in [0.15, 0.2) is 0 Å². The molecule has 0 unspecified atom stereocenters. The first-order chi connectivity index (χ1) is 14.9. The van der Waals surface area contributed by atoms with Crippen molar-refractivity contribution in [1.82, 2.24) is 0 Å². The van der Waals surface area contributed by atoms with Crippen molar-refractivity contribution in [3.05, 3.63) is 111 Å². The third-order valence-corrected chi connectivity index (χ3v) is 5.27. The summed E-state index contributed by atoms with van der Waals surface area (Å²) >= 11 is 5.91. The highest BCUT2D eigenvalue weighted by Crippen LogP contribution is 2.42. The number of aliphatic hydroxyl groups excluding tert-OH is 1. The number of non-ortho nitro benzene ring substituents is 1. The van der Waals surface area contributed by atoms with E-state index in [2.05, 4.69) is 0 Å². The van der Waals surface area contributed by atoms with Gasteiger partial charge in [-0.1, -0.05) is 29.8 Å². The number of benzene rings is 3. The number of halogens is 1. The summed E-state index contributed by atoms with van der Waals surface area (Å²) in [5.41, 5.74) is 0.998. The first kappa shape index (κ1) is 20.3. The van der Waals surface area contributed by atoms with Crippen molar-refractivity contribution < 1.29 is 19.6 Å². The van der Waals surface area contributed by atoms with Crippen LogP contribution in [0, 0.1) is 10.1 Å². The summed E-state index contributed by atoms with van der Waals surface area (Å²) in [5, 5.41) is 22.5. The first-order valence-corrected chi connectivity index (χ1v) is 9.62. The van der Waals surface area contributed by atoms with Gasteiger partial charge >= 0.3 is 0 Å². The Bertz CT molecular complexity index is 1200. The molecule has 1 amide bonds. The summed E-state index contributed by atoms with van der Waals surface area (Å²) in [5.74, 6) is -2.00. The molecule has 0 aliphatic carbocycles. The lowest BCUT2D eigenvalue weighted by Crippen LogP contribution is -2.29. The van der Waals surface area contributed by atoms with Crippen molar-refractivity contribution in [3.8, 4) is 0 Å². The molecule has 1 atom stereocenters. The fourth-order valence-electron chi connectivity index (χ4n) is 3.54. The molecule has 1 aliphatic rings. The molecule has 0 saturated carbocycles. The number of hydrogen-bond acceptors (Lipinski definition) is 5. The zero-order chi connectivity index (χ0) is 22.1. The largest absolute Gasteiger partial charge is 0.507 e. The van der Waals surface area contributed by atoms with Crippen LogP contribution in [0.4, 0.5) is 11.4 Å². The molecule has 154 valence electrons. The number of hydrogen-bond donors (Lipinski definition) is 1. The van der Waals surface area contributed by atoms with Crippen molar-refractivity contribution in [3.63, 3.8) is 0 Å². The Morgan fingerprint density at radius 1 is 0.935 bits per heavy atom. The number of carbonyl (C=O) groups excluding carboxylic acids is 2. The van der Waals surface area contributed by atoms with Gasteiger partial charge in [-0.3, -0.25) is 24.6 Å². The highest BCUT2D eigenvalue weighted by Gasteiger charge is 2.47. The Morgan fingerprint density at radius 3 is 2.13 bits per heavy atom. The van der Waals surface area contributed by atoms with Gasteiger partial charge in [-0.05, 0) is 54.1 Å². The lowest BCUT2D eigenvalue weighted by Gasteiger charge is -2.25. The summed E-state index contributed by atoms with van der Waals surface area (Å²) in [6, 6.07) is 19.3. The predicted molar refractivity (Wildman–Crippen MR) is 116 cm³/mol. The molecular formula is C23H15ClN2O5. The van der Waals surface area contributed by atoms with Gasteiger partial charge in [0.2, 0.25) is 0 Å². The average Bonchev–Trinajstić information content (AvgIpc) is 3.05. The molecule has 1 fully saturated rings. The maximum absolute atomic E-state index is 13.0. The topological polar surface area (TPSA) is 101 Å². The number of nitro groups is 1. The van der Waals surface area contributed by atoms with Crippen LogP contribution in [0.3, 0.4) is 0 Å². The molecule has 3 aromatic rings. The highest BCUT2D eigenvalue weighted by molar-refractivity contribution is 6.51. The number of nitrogens with zero attached hydrogens (tertiary/aromatic N) is 2. The fraction of sp³-hybridized carbons (Fsp3) is 0.0435. The molecule has 3 aromatic carbocycles. The smallest absolute Gasteiger partial charge is 0.300 e. The van der Waals surface area contributed by atoms with Crippen LogP contribution in [0.5, 0.6) is 0 Å². The minimum atomic E-state index is -0.959. The Morgan fingerprint density at radius 2 is 1.55 bits per heavy atom. The van der Waals surface area contributed by atoms with Crippen molar-refractivity contribution >= 4 is 40.4 Å². The van der Waals surface area contributed by atoms with Gasteiger partial charge in [0.25, 0.3) is 17.4 Å². The number of aliphatic hydroxyl groups is 1. The molecule has 0 radical (unpaired) electrons. The number of rotatable bonds is 4. The number of amides is 1. The normalized spacial score (nSPS) is 17.7. The number of ketones is 1. The summed E-state index contributed by atoms with van der Waals surface area (Å²) in [4.78, 5) is 37.7. The van der Waals surface area contributed by atoms with Gasteiger partial charge in [-0.2, -0.15) is 0 Å². The summed E-state index contributed by atoms with van der Waals surface area (Å²) in [6.45, 7) is 0. The lowest BCUT2D eigenvalue weighted by molar-refractivity contribution is -0.384. The number of anilines is 1. The van der Waals surface area contributed by atoms with Crippen LogP contribution in [0.25, 0.3) is 5.76 Å². The molecule has 7 nitrogen and oxygen atoms in total. The quantitative estimate of drug-likeness (QED) is 0.207. The van der Waals surface area contributed by atoms with Crippen LogP contribution in [0.15, 0.2) is 84.4 Å². The SMILES string of the molecule is O=C1C(=O)N(c2ccccc2)[C@@H](c2ccc([N+](=O)[O-])cc2)/C1=C(\O)c1ccc(Cl)cc1. The molecule has 1 aliphatic heterocycles. The van der Waals surface area contributed by atoms with Crippen molar-refractivity contribution in [2.24, 2.45) is 0 Å². The van der Waals surface area contributed by atoms with Gasteiger partial charge in [0.05, 0.1) is 16.5 Å². The van der Waals surface area contributed by atoms with Crippen LogP contribution in [0.1, 0.15) is 17.2 Å². The van der Waals surface area contributed by atoms with Crippen LogP contribution in [0.2, 0.25) is 5.02 Å². The van der Waals surface area contributed by atoms with E-state index >= 15 is 0 Å². The first-order valence-electron chi connectivity index (χ1n) is 9.25. The van der Waals surface area contributed by atoms with E-state index in [4.69, 9.17) is 11.6 Å². The highest BCUT2D eigenvalue weighted by atomic mass is 35.5. The van der Waals surface area contributed by atoms with E-state index in [0.717, 1.165) is 0 Å². The van der Waals surface area contributed by atoms with Crippen LogP contribution in [-0.2, 0) is 9.59 Å². The molecule has 0 aromatic heterocycles. The number of Topliss-reactive ketones (excluding diaryl/α,β-unsaturated/α-hetero) is 1. The van der Waals surface area contributed by atoms with Crippen LogP contribution >= 0.6 is 11.6 Å². The number of para-hydroxylation sites is 1.